The van der Waals surface area contributed by atoms with E-state index in [0.29, 0.717) is 5.69 Å². The van der Waals surface area contributed by atoms with E-state index >= 15 is 0 Å². The zero-order chi connectivity index (χ0) is 14.0. The van der Waals surface area contributed by atoms with E-state index in [1.165, 1.54) is 6.42 Å². The zero-order valence-corrected chi connectivity index (χ0v) is 13.2. The topological polar surface area (TPSA) is 46.3 Å². The maximum atomic E-state index is 12.6. The van der Waals surface area contributed by atoms with Crippen molar-refractivity contribution in [3.63, 3.8) is 0 Å². The number of likely N-dealkylation sites (tertiary alicyclic amines) is 1. The fourth-order valence-electron chi connectivity index (χ4n) is 2.64. The van der Waals surface area contributed by atoms with Crippen molar-refractivity contribution in [2.45, 2.75) is 33.1 Å². The van der Waals surface area contributed by atoms with Gasteiger partial charge in [-0.3, -0.25) is 4.79 Å². The molecule has 0 spiro atoms. The third-order valence-corrected chi connectivity index (χ3v) is 4.58. The normalized spacial score (nSPS) is 16.7. The van der Waals surface area contributed by atoms with Gasteiger partial charge in [0.2, 0.25) is 0 Å². The highest BCUT2D eigenvalue weighted by atomic mass is 79.9. The lowest BCUT2D eigenvalue weighted by molar-refractivity contribution is 0.0688. The first-order valence-electron chi connectivity index (χ1n) is 6.87. The lowest BCUT2D eigenvalue weighted by Gasteiger charge is -2.32. The molecule has 1 amide bonds. The van der Waals surface area contributed by atoms with Gasteiger partial charge in [0.25, 0.3) is 5.91 Å². The second-order valence-electron chi connectivity index (χ2n) is 5.31. The molecule has 1 aliphatic heterocycles. The Bertz CT molecular complexity index is 479. The molecule has 2 N–H and O–H groups in total. The molecule has 1 aliphatic rings. The maximum absolute atomic E-state index is 12.6. The maximum Gasteiger partial charge on any atom is 0.254 e. The van der Waals surface area contributed by atoms with E-state index in [1.54, 1.807) is 0 Å². The number of benzene rings is 1. The van der Waals surface area contributed by atoms with Crippen LogP contribution < -0.4 is 5.73 Å². The number of carbonyl (C=O) groups excluding carboxylic acids is 1. The summed E-state index contributed by atoms with van der Waals surface area (Å²) in [5, 5.41) is 0. The Morgan fingerprint density at radius 2 is 2.05 bits per heavy atom. The van der Waals surface area contributed by atoms with E-state index in [0.717, 1.165) is 47.4 Å². The quantitative estimate of drug-likeness (QED) is 0.845. The van der Waals surface area contributed by atoms with Crippen LogP contribution in [0.1, 0.15) is 42.1 Å². The van der Waals surface area contributed by atoms with Gasteiger partial charge in [0.05, 0.1) is 0 Å². The highest BCUT2D eigenvalue weighted by molar-refractivity contribution is 9.10. The smallest absolute Gasteiger partial charge is 0.254 e. The minimum absolute atomic E-state index is 0.111. The molecule has 3 nitrogen and oxygen atoms in total. The first-order chi connectivity index (χ1) is 9.02. The van der Waals surface area contributed by atoms with Crippen LogP contribution in [-0.4, -0.2) is 23.9 Å². The zero-order valence-electron chi connectivity index (χ0n) is 11.6. The van der Waals surface area contributed by atoms with E-state index < -0.39 is 0 Å². The molecule has 0 aromatic heterocycles. The molecular weight excluding hydrogens is 304 g/mol. The largest absolute Gasteiger partial charge is 0.398 e. The second-order valence-corrected chi connectivity index (χ2v) is 6.23. The van der Waals surface area contributed by atoms with Gasteiger partial charge in [-0.2, -0.15) is 0 Å². The molecule has 19 heavy (non-hydrogen) atoms. The number of nitrogens with two attached hydrogens (primary N) is 1. The molecule has 1 heterocycles. The van der Waals surface area contributed by atoms with Crippen LogP contribution in [0, 0.1) is 12.8 Å². The highest BCUT2D eigenvalue weighted by Gasteiger charge is 2.24. The molecule has 0 saturated carbocycles. The molecule has 4 heteroatoms. The van der Waals surface area contributed by atoms with Crippen LogP contribution in [0.5, 0.6) is 0 Å². The summed E-state index contributed by atoms with van der Waals surface area (Å²) < 4.78 is 0.863. The van der Waals surface area contributed by atoms with E-state index in [2.05, 4.69) is 22.9 Å². The van der Waals surface area contributed by atoms with Crippen molar-refractivity contribution in [2.75, 3.05) is 18.8 Å². The van der Waals surface area contributed by atoms with E-state index in [9.17, 15) is 4.79 Å². The van der Waals surface area contributed by atoms with Crippen LogP contribution in [0.4, 0.5) is 5.69 Å². The van der Waals surface area contributed by atoms with E-state index in [1.807, 2.05) is 24.0 Å². The summed E-state index contributed by atoms with van der Waals surface area (Å²) in [6, 6.07) is 3.72. The van der Waals surface area contributed by atoms with Crippen LogP contribution in [0.15, 0.2) is 16.6 Å². The minimum Gasteiger partial charge on any atom is -0.398 e. The van der Waals surface area contributed by atoms with E-state index in [4.69, 9.17) is 5.73 Å². The van der Waals surface area contributed by atoms with E-state index in [-0.39, 0.29) is 5.91 Å². The number of hydrogen-bond donors (Lipinski definition) is 1. The number of hydrogen-bond acceptors (Lipinski definition) is 2. The van der Waals surface area contributed by atoms with Crippen LogP contribution >= 0.6 is 15.9 Å². The highest BCUT2D eigenvalue weighted by Crippen LogP contribution is 2.26. The van der Waals surface area contributed by atoms with Crippen molar-refractivity contribution in [3.05, 3.63) is 27.7 Å². The van der Waals surface area contributed by atoms with Crippen LogP contribution in [0.2, 0.25) is 0 Å². The number of carbonyl (C=O) groups is 1. The summed E-state index contributed by atoms with van der Waals surface area (Å²) in [6.45, 7) is 5.86. The number of halogens is 1. The Kier molecular flexibility index (Phi) is 4.50. The predicted octanol–water partition coefficient (Wildman–Crippen LogP) is 3.60. The summed E-state index contributed by atoms with van der Waals surface area (Å²) >= 11 is 3.41. The van der Waals surface area contributed by atoms with Crippen molar-refractivity contribution in [3.8, 4) is 0 Å². The van der Waals surface area contributed by atoms with Gasteiger partial charge < -0.3 is 10.6 Å². The molecule has 0 aliphatic carbocycles. The number of piperidine rings is 1. The summed E-state index contributed by atoms with van der Waals surface area (Å²) in [7, 11) is 0. The molecule has 0 atom stereocenters. The first kappa shape index (κ1) is 14.4. The fraction of sp³-hybridized carbons (Fsp3) is 0.533. The van der Waals surface area contributed by atoms with Gasteiger partial charge in [-0.15, -0.1) is 0 Å². The summed E-state index contributed by atoms with van der Waals surface area (Å²) in [5.74, 6) is 0.887. The van der Waals surface area contributed by atoms with Crippen molar-refractivity contribution >= 4 is 27.5 Å². The number of nitrogens with zero attached hydrogens (tertiary/aromatic N) is 1. The molecular formula is C15H21BrN2O. The molecule has 2 rings (SSSR count). The Morgan fingerprint density at radius 1 is 1.42 bits per heavy atom. The molecule has 104 valence electrons. The average molecular weight is 325 g/mol. The Morgan fingerprint density at radius 3 is 2.63 bits per heavy atom. The number of anilines is 1. The van der Waals surface area contributed by atoms with Gasteiger partial charge >= 0.3 is 0 Å². The van der Waals surface area contributed by atoms with Crippen molar-refractivity contribution in [2.24, 2.45) is 5.92 Å². The Hall–Kier alpha value is -1.03. The van der Waals surface area contributed by atoms with Gasteiger partial charge in [-0.25, -0.2) is 0 Å². The van der Waals surface area contributed by atoms with Crippen molar-refractivity contribution in [1.82, 2.24) is 4.90 Å². The summed E-state index contributed by atoms with van der Waals surface area (Å²) in [4.78, 5) is 14.5. The summed E-state index contributed by atoms with van der Waals surface area (Å²) in [6.07, 6.45) is 3.44. The average Bonchev–Trinajstić information content (AvgIpc) is 2.42. The van der Waals surface area contributed by atoms with Crippen molar-refractivity contribution in [1.29, 1.82) is 0 Å². The van der Waals surface area contributed by atoms with Gasteiger partial charge in [0.1, 0.15) is 0 Å². The molecule has 1 aromatic carbocycles. The molecule has 1 aromatic rings. The summed E-state index contributed by atoms with van der Waals surface area (Å²) in [5.41, 5.74) is 8.20. The monoisotopic (exact) mass is 324 g/mol. The molecule has 1 saturated heterocycles. The Labute approximate surface area is 123 Å². The molecule has 0 unspecified atom stereocenters. The lowest BCUT2D eigenvalue weighted by Crippen LogP contribution is -2.38. The van der Waals surface area contributed by atoms with Gasteiger partial charge in [0, 0.05) is 28.8 Å². The third kappa shape index (κ3) is 3.11. The number of rotatable bonds is 2. The SMILES string of the molecule is CCC1CCN(C(=O)c2cc(Br)cc(N)c2C)CC1. The van der Waals surface area contributed by atoms with Crippen molar-refractivity contribution < 1.29 is 4.79 Å². The lowest BCUT2D eigenvalue weighted by atomic mass is 9.93. The third-order valence-electron chi connectivity index (χ3n) is 4.12. The standard InChI is InChI=1S/C15H21BrN2O/c1-3-11-4-6-18(7-5-11)15(19)13-8-12(16)9-14(17)10(13)2/h8-9,11H,3-7,17H2,1-2H3. The number of nitrogen functional groups attached to an aromatic ring is 1. The molecule has 0 radical (unpaired) electrons. The Balaban J connectivity index is 2.17. The van der Waals surface area contributed by atoms with Crippen LogP contribution in [0.25, 0.3) is 0 Å². The molecule has 0 bridgehead atoms. The van der Waals surface area contributed by atoms with Gasteiger partial charge in [-0.1, -0.05) is 29.3 Å². The van der Waals surface area contributed by atoms with Gasteiger partial charge in [0.15, 0.2) is 0 Å². The number of amides is 1. The first-order valence-corrected chi connectivity index (χ1v) is 7.67. The fourth-order valence-corrected chi connectivity index (χ4v) is 3.11. The van der Waals surface area contributed by atoms with Crippen LogP contribution in [-0.2, 0) is 0 Å². The molecule has 1 fully saturated rings. The predicted molar refractivity (Wildman–Crippen MR) is 82.2 cm³/mol. The van der Waals surface area contributed by atoms with Gasteiger partial charge in [-0.05, 0) is 43.4 Å². The van der Waals surface area contributed by atoms with Crippen LogP contribution in [0.3, 0.4) is 0 Å². The minimum atomic E-state index is 0.111. The second kappa shape index (κ2) is 5.95.